The number of likely N-dealkylation sites (tertiary alicyclic amines) is 1. The van der Waals surface area contributed by atoms with E-state index in [2.05, 4.69) is 10.6 Å². The molecule has 0 aromatic heterocycles. The van der Waals surface area contributed by atoms with E-state index in [1.165, 1.54) is 32.6 Å². The Morgan fingerprint density at radius 2 is 1.58 bits per heavy atom. The minimum Gasteiger partial charge on any atom is -0.444 e. The molecule has 2 saturated carbocycles. The number of hydrogen-bond donors (Lipinski definition) is 3. The van der Waals surface area contributed by atoms with Crippen LogP contribution in [-0.2, 0) is 24.5 Å². The van der Waals surface area contributed by atoms with Crippen LogP contribution < -0.4 is 15.4 Å². The van der Waals surface area contributed by atoms with E-state index in [1.54, 1.807) is 37.8 Å². The average Bonchev–Trinajstić information content (AvgIpc) is 3.48. The molecule has 1 aromatic carbocycles. The fourth-order valence-corrected chi connectivity index (χ4v) is 7.92. The zero-order valence-corrected chi connectivity index (χ0v) is 29.6. The fourth-order valence-electron chi connectivity index (χ4n) is 7.39. The number of hydrogen-bond acceptors (Lipinski definition) is 7. The highest BCUT2D eigenvalue weighted by Crippen LogP contribution is 2.41. The van der Waals surface area contributed by atoms with Crippen LogP contribution in [0.4, 0.5) is 14.9 Å². The molecule has 12 nitrogen and oxygen atoms in total. The monoisotopic (exact) mass is 693 g/mol. The van der Waals surface area contributed by atoms with Crippen molar-refractivity contribution in [2.75, 3.05) is 32.6 Å². The summed E-state index contributed by atoms with van der Waals surface area (Å²) >= 11 is 0. The van der Waals surface area contributed by atoms with Crippen molar-refractivity contribution < 1.29 is 36.7 Å². The molecular formula is C34H52FN5O7S. The van der Waals surface area contributed by atoms with Crippen molar-refractivity contribution in [3.8, 4) is 0 Å². The number of rotatable bonds is 10. The first kappa shape index (κ1) is 37.6. The van der Waals surface area contributed by atoms with E-state index in [0.29, 0.717) is 43.8 Å². The first-order chi connectivity index (χ1) is 22.6. The number of nitrogens with zero attached hydrogens (tertiary/aromatic N) is 2. The van der Waals surface area contributed by atoms with Crippen LogP contribution in [0.15, 0.2) is 24.3 Å². The highest BCUT2D eigenvalue weighted by molar-refractivity contribution is 7.87. The third-order valence-electron chi connectivity index (χ3n) is 9.93. The average molecular weight is 694 g/mol. The van der Waals surface area contributed by atoms with Gasteiger partial charge in [0, 0.05) is 37.8 Å². The highest BCUT2D eigenvalue weighted by Gasteiger charge is 2.47. The van der Waals surface area contributed by atoms with E-state index in [1.807, 2.05) is 4.72 Å². The number of carbonyl (C=O) groups excluding carboxylic acids is 4. The second-order valence-corrected chi connectivity index (χ2v) is 16.5. The van der Waals surface area contributed by atoms with Crippen LogP contribution in [0.3, 0.4) is 0 Å². The van der Waals surface area contributed by atoms with E-state index >= 15 is 0 Å². The molecule has 268 valence electrons. The van der Waals surface area contributed by atoms with Gasteiger partial charge in [0.1, 0.15) is 18.3 Å². The normalized spacial score (nSPS) is 24.5. The van der Waals surface area contributed by atoms with Gasteiger partial charge in [-0.3, -0.25) is 14.4 Å². The van der Waals surface area contributed by atoms with Crippen LogP contribution in [0.2, 0.25) is 0 Å². The Bertz CT molecular complexity index is 1400. The molecule has 3 N–H and O–H groups in total. The summed E-state index contributed by atoms with van der Waals surface area (Å²) in [5.41, 5.74) is -0.146. The Balaban J connectivity index is 1.43. The van der Waals surface area contributed by atoms with Crippen molar-refractivity contribution in [1.82, 2.24) is 19.2 Å². The van der Waals surface area contributed by atoms with E-state index in [9.17, 15) is 32.0 Å². The molecule has 2 aliphatic carbocycles. The summed E-state index contributed by atoms with van der Waals surface area (Å²) in [6.45, 7) is 5.02. The second kappa shape index (κ2) is 16.0. The Labute approximate surface area is 284 Å². The van der Waals surface area contributed by atoms with Crippen molar-refractivity contribution >= 4 is 39.7 Å². The predicted molar refractivity (Wildman–Crippen MR) is 180 cm³/mol. The molecule has 3 aliphatic rings. The lowest BCUT2D eigenvalue weighted by atomic mass is 9.76. The number of alkyl carbamates (subject to hydrolysis) is 1. The zero-order chi connectivity index (χ0) is 35.2. The summed E-state index contributed by atoms with van der Waals surface area (Å²) in [5.74, 6) is -1.17. The molecule has 3 fully saturated rings. The summed E-state index contributed by atoms with van der Waals surface area (Å²) in [4.78, 5) is 54.5. The Kier molecular flexibility index (Phi) is 12.5. The van der Waals surface area contributed by atoms with Crippen LogP contribution in [0, 0.1) is 23.7 Å². The predicted octanol–water partition coefficient (Wildman–Crippen LogP) is 4.63. The number of alkyl halides is 1. The number of anilines is 1. The van der Waals surface area contributed by atoms with Crippen molar-refractivity contribution in [2.45, 2.75) is 103 Å². The van der Waals surface area contributed by atoms with Gasteiger partial charge in [-0.25, -0.2) is 13.9 Å². The molecule has 1 saturated heterocycles. The third kappa shape index (κ3) is 9.67. The van der Waals surface area contributed by atoms with Gasteiger partial charge in [-0.2, -0.15) is 12.7 Å². The maximum atomic E-state index is 14.0. The molecule has 4 amide bonds. The van der Waals surface area contributed by atoms with Crippen molar-refractivity contribution in [3.05, 3.63) is 29.8 Å². The van der Waals surface area contributed by atoms with Crippen LogP contribution in [0.1, 0.15) is 95.3 Å². The Morgan fingerprint density at radius 1 is 0.958 bits per heavy atom. The molecule has 4 rings (SSSR count). The second-order valence-electron chi connectivity index (χ2n) is 14.6. The number of ether oxygens (including phenoxy) is 1. The molecule has 3 atom stereocenters. The molecule has 1 aromatic rings. The zero-order valence-electron chi connectivity index (χ0n) is 28.8. The maximum Gasteiger partial charge on any atom is 0.407 e. The summed E-state index contributed by atoms with van der Waals surface area (Å²) in [6, 6.07) is 4.63. The fraction of sp³-hybridized carbons (Fsp3) is 0.706. The molecule has 0 bridgehead atoms. The number of carbonyl (C=O) groups is 4. The largest absolute Gasteiger partial charge is 0.444 e. The lowest BCUT2D eigenvalue weighted by molar-refractivity contribution is -0.142. The number of benzene rings is 1. The minimum atomic E-state index is -3.96. The Hall–Kier alpha value is -3.26. The highest BCUT2D eigenvalue weighted by atomic mass is 32.2. The van der Waals surface area contributed by atoms with Crippen LogP contribution in [0.25, 0.3) is 0 Å². The lowest BCUT2D eigenvalue weighted by Crippen LogP contribution is -2.50. The first-order valence-corrected chi connectivity index (χ1v) is 18.5. The SMILES string of the molecule is CN(C)S(=O)(=O)NC(=O)c1ccc(NC(=O)[C@@H]2[C@H](C3CCCCC3)CCN2C(=O)[C@H]2CC[C@H]([C@@H](CF)NC(=O)OC(C)(C)C)CC2)cc1. The van der Waals surface area contributed by atoms with Crippen LogP contribution in [-0.4, -0.2) is 86.4 Å². The Morgan fingerprint density at radius 3 is 2.15 bits per heavy atom. The minimum absolute atomic E-state index is 0.0285. The standard InChI is InChI=1S/C34H52FN5O7S/c1-34(2,3)47-33(44)37-28(21-35)23-11-13-25(14-12-23)32(43)40-20-19-27(22-9-7-6-8-10-22)29(40)31(42)36-26-17-15-24(16-18-26)30(41)38-48(45,46)39(4)5/h15-18,22-23,25,27-29H,6-14,19-21H2,1-5H3,(H,36,42)(H,37,44)(H,38,41)/t23-,25-,27-,28+,29-/m0/s1. The molecule has 48 heavy (non-hydrogen) atoms. The smallest absolute Gasteiger partial charge is 0.407 e. The third-order valence-corrected chi connectivity index (χ3v) is 11.3. The van der Waals surface area contributed by atoms with E-state index in [4.69, 9.17) is 4.74 Å². The van der Waals surface area contributed by atoms with Gasteiger partial charge >= 0.3 is 16.3 Å². The molecule has 1 aliphatic heterocycles. The number of halogens is 1. The summed E-state index contributed by atoms with van der Waals surface area (Å²) < 4.78 is 46.3. The van der Waals surface area contributed by atoms with E-state index < -0.39 is 46.6 Å². The number of amides is 4. The molecule has 0 spiro atoms. The van der Waals surface area contributed by atoms with E-state index in [-0.39, 0.29) is 35.1 Å². The summed E-state index contributed by atoms with van der Waals surface area (Å²) in [6.07, 6.45) is 7.76. The first-order valence-electron chi connectivity index (χ1n) is 17.1. The molecule has 0 unspecified atom stereocenters. The van der Waals surface area contributed by atoms with Gasteiger partial charge < -0.3 is 20.3 Å². The lowest BCUT2D eigenvalue weighted by Gasteiger charge is -2.37. The van der Waals surface area contributed by atoms with Gasteiger partial charge in [0.25, 0.3) is 5.91 Å². The van der Waals surface area contributed by atoms with Gasteiger partial charge in [0.2, 0.25) is 11.8 Å². The molecule has 14 heteroatoms. The van der Waals surface area contributed by atoms with Crippen molar-refractivity contribution in [2.24, 2.45) is 23.7 Å². The van der Waals surface area contributed by atoms with Gasteiger partial charge in [-0.15, -0.1) is 0 Å². The molecule has 1 heterocycles. The van der Waals surface area contributed by atoms with Gasteiger partial charge in [-0.05, 0) is 94.9 Å². The molecule has 0 radical (unpaired) electrons. The topological polar surface area (TPSA) is 154 Å². The van der Waals surface area contributed by atoms with Gasteiger partial charge in [0.15, 0.2) is 0 Å². The quantitative estimate of drug-likeness (QED) is 0.323. The van der Waals surface area contributed by atoms with Crippen molar-refractivity contribution in [3.63, 3.8) is 0 Å². The summed E-state index contributed by atoms with van der Waals surface area (Å²) in [7, 11) is -1.34. The van der Waals surface area contributed by atoms with Gasteiger partial charge in [0.05, 0.1) is 6.04 Å². The van der Waals surface area contributed by atoms with Crippen molar-refractivity contribution in [1.29, 1.82) is 0 Å². The van der Waals surface area contributed by atoms with Crippen LogP contribution >= 0.6 is 0 Å². The number of nitrogens with one attached hydrogen (secondary N) is 3. The molecular weight excluding hydrogens is 641 g/mol. The van der Waals surface area contributed by atoms with Gasteiger partial charge in [-0.1, -0.05) is 32.1 Å². The maximum absolute atomic E-state index is 14.0. The summed E-state index contributed by atoms with van der Waals surface area (Å²) in [5, 5.41) is 5.62. The van der Waals surface area contributed by atoms with Crippen LogP contribution in [0.5, 0.6) is 0 Å². The van der Waals surface area contributed by atoms with E-state index in [0.717, 1.165) is 36.4 Å².